The van der Waals surface area contributed by atoms with Crippen molar-refractivity contribution < 1.29 is 0 Å². The molecule has 1 rings (SSSR count). The monoisotopic (exact) mass is 239 g/mol. The molecule has 0 aromatic carbocycles. The molecule has 0 aliphatic rings. The molecule has 0 atom stereocenters. The van der Waals surface area contributed by atoms with Crippen molar-refractivity contribution in [2.24, 2.45) is 5.41 Å². The van der Waals surface area contributed by atoms with Crippen LogP contribution in [0.4, 0.5) is 0 Å². The van der Waals surface area contributed by atoms with Gasteiger partial charge in [-0.25, -0.2) is 0 Å². The first-order valence-corrected chi connectivity index (χ1v) is 6.86. The van der Waals surface area contributed by atoms with Crippen molar-refractivity contribution in [2.45, 2.75) is 60.0 Å². The molecular formula is C14H25NS. The molecule has 2 heteroatoms. The smallest absolute Gasteiger partial charge is 0.0307 e. The molecule has 0 radical (unpaired) electrons. The van der Waals surface area contributed by atoms with Crippen molar-refractivity contribution in [3.63, 3.8) is 0 Å². The Labute approximate surface area is 104 Å². The summed E-state index contributed by atoms with van der Waals surface area (Å²) in [5.41, 5.74) is 1.99. The Hall–Kier alpha value is -0.340. The average molecular weight is 239 g/mol. The summed E-state index contributed by atoms with van der Waals surface area (Å²) in [6, 6.07) is 2.19. The van der Waals surface area contributed by atoms with Crippen molar-refractivity contribution in [1.82, 2.24) is 5.32 Å². The summed E-state index contributed by atoms with van der Waals surface area (Å²) in [6.07, 6.45) is 1.18. The molecule has 16 heavy (non-hydrogen) atoms. The Morgan fingerprint density at radius 1 is 1.19 bits per heavy atom. The third kappa shape index (κ3) is 4.67. The average Bonchev–Trinajstić information content (AvgIpc) is 2.43. The van der Waals surface area contributed by atoms with Crippen LogP contribution in [0.25, 0.3) is 0 Å². The third-order valence-corrected chi connectivity index (χ3v) is 3.69. The zero-order valence-corrected chi connectivity index (χ0v) is 12.3. The minimum atomic E-state index is 0.203. The van der Waals surface area contributed by atoms with E-state index in [1.54, 1.807) is 0 Å². The summed E-state index contributed by atoms with van der Waals surface area (Å²) in [7, 11) is 0. The highest BCUT2D eigenvalue weighted by atomic mass is 32.1. The number of rotatable bonds is 4. The fourth-order valence-corrected chi connectivity index (χ4v) is 3.14. The maximum absolute atomic E-state index is 3.67. The van der Waals surface area contributed by atoms with Crippen LogP contribution in [-0.2, 0) is 6.54 Å². The Balaban J connectivity index is 2.51. The fourth-order valence-electron chi connectivity index (χ4n) is 2.29. The van der Waals surface area contributed by atoms with Gasteiger partial charge >= 0.3 is 0 Å². The molecule has 92 valence electrons. The van der Waals surface area contributed by atoms with Gasteiger partial charge in [0.15, 0.2) is 0 Å². The van der Waals surface area contributed by atoms with Gasteiger partial charge in [0.05, 0.1) is 0 Å². The van der Waals surface area contributed by atoms with Gasteiger partial charge in [-0.15, -0.1) is 11.3 Å². The van der Waals surface area contributed by atoms with Crippen LogP contribution in [0.1, 0.15) is 51.5 Å². The van der Waals surface area contributed by atoms with E-state index < -0.39 is 0 Å². The van der Waals surface area contributed by atoms with E-state index >= 15 is 0 Å². The Morgan fingerprint density at radius 2 is 1.81 bits per heavy atom. The lowest BCUT2D eigenvalue weighted by molar-refractivity contribution is 0.241. The minimum absolute atomic E-state index is 0.203. The molecule has 0 spiro atoms. The molecular weight excluding hydrogens is 214 g/mol. The van der Waals surface area contributed by atoms with E-state index in [9.17, 15) is 0 Å². The Bertz CT molecular complexity index is 331. The van der Waals surface area contributed by atoms with Gasteiger partial charge in [-0.2, -0.15) is 0 Å². The second-order valence-electron chi connectivity index (χ2n) is 6.50. The molecule has 0 aliphatic carbocycles. The zero-order chi connectivity index (χ0) is 12.4. The predicted molar refractivity (Wildman–Crippen MR) is 74.0 cm³/mol. The van der Waals surface area contributed by atoms with Crippen molar-refractivity contribution in [3.05, 3.63) is 21.9 Å². The highest BCUT2D eigenvalue weighted by Gasteiger charge is 2.24. The maximum atomic E-state index is 3.67. The lowest BCUT2D eigenvalue weighted by Crippen LogP contribution is -2.41. The van der Waals surface area contributed by atoms with E-state index in [0.717, 1.165) is 6.54 Å². The lowest BCUT2D eigenvalue weighted by Gasteiger charge is -2.33. The summed E-state index contributed by atoms with van der Waals surface area (Å²) < 4.78 is 0. The Kier molecular flexibility index (Phi) is 4.19. The highest BCUT2D eigenvalue weighted by molar-refractivity contribution is 7.10. The number of nitrogens with one attached hydrogen (secondary N) is 1. The third-order valence-electron chi connectivity index (χ3n) is 2.67. The lowest BCUT2D eigenvalue weighted by atomic mass is 9.82. The molecule has 1 aromatic heterocycles. The van der Waals surface area contributed by atoms with Crippen molar-refractivity contribution >= 4 is 11.3 Å². The molecule has 1 N–H and O–H groups in total. The predicted octanol–water partition coefficient (Wildman–Crippen LogP) is 4.36. The SMILES string of the molecule is Cc1ccsc1CNC(C)(C)CC(C)(C)C. The summed E-state index contributed by atoms with van der Waals surface area (Å²) in [5, 5.41) is 5.84. The summed E-state index contributed by atoms with van der Waals surface area (Å²) in [5.74, 6) is 0. The van der Waals surface area contributed by atoms with Crippen molar-refractivity contribution in [1.29, 1.82) is 0 Å². The molecule has 0 fully saturated rings. The van der Waals surface area contributed by atoms with E-state index in [-0.39, 0.29) is 5.54 Å². The first kappa shape index (κ1) is 13.7. The molecule has 1 aromatic rings. The standard InChI is InChI=1S/C14H25NS/c1-11-7-8-16-12(11)9-15-14(5,6)10-13(2,3)4/h7-8,15H,9-10H2,1-6H3. The molecule has 0 saturated carbocycles. The van der Waals surface area contributed by atoms with Crippen LogP contribution >= 0.6 is 11.3 Å². The molecule has 0 aliphatic heterocycles. The van der Waals surface area contributed by atoms with E-state index in [2.05, 4.69) is 58.3 Å². The van der Waals surface area contributed by atoms with Crippen molar-refractivity contribution in [2.75, 3.05) is 0 Å². The molecule has 1 heterocycles. The topological polar surface area (TPSA) is 12.0 Å². The number of thiophene rings is 1. The van der Waals surface area contributed by atoms with Crippen molar-refractivity contribution in [3.8, 4) is 0 Å². The van der Waals surface area contributed by atoms with Crippen LogP contribution in [0, 0.1) is 12.3 Å². The van der Waals surface area contributed by atoms with Gasteiger partial charge in [0.2, 0.25) is 0 Å². The van der Waals surface area contributed by atoms with Gasteiger partial charge in [0.25, 0.3) is 0 Å². The van der Waals surface area contributed by atoms with Crippen LogP contribution < -0.4 is 5.32 Å². The summed E-state index contributed by atoms with van der Waals surface area (Å²) in [4.78, 5) is 1.46. The van der Waals surface area contributed by atoms with E-state index in [1.165, 1.54) is 16.9 Å². The zero-order valence-electron chi connectivity index (χ0n) is 11.5. The van der Waals surface area contributed by atoms with Gasteiger partial charge in [-0.05, 0) is 49.6 Å². The van der Waals surface area contributed by atoms with Gasteiger partial charge in [-0.1, -0.05) is 20.8 Å². The fraction of sp³-hybridized carbons (Fsp3) is 0.714. The number of hydrogen-bond acceptors (Lipinski definition) is 2. The molecule has 0 saturated heterocycles. The largest absolute Gasteiger partial charge is 0.307 e. The van der Waals surface area contributed by atoms with Crippen LogP contribution in [0.5, 0.6) is 0 Å². The molecule has 0 unspecified atom stereocenters. The van der Waals surface area contributed by atoms with Gasteiger partial charge in [-0.3, -0.25) is 0 Å². The number of aryl methyl sites for hydroxylation is 1. The summed E-state index contributed by atoms with van der Waals surface area (Å²) in [6.45, 7) is 14.7. The molecule has 0 bridgehead atoms. The molecule has 0 amide bonds. The van der Waals surface area contributed by atoms with Crippen LogP contribution in [0.15, 0.2) is 11.4 Å². The quantitative estimate of drug-likeness (QED) is 0.823. The van der Waals surface area contributed by atoms with Crippen LogP contribution in [0.2, 0.25) is 0 Å². The van der Waals surface area contributed by atoms with E-state index in [0.29, 0.717) is 5.41 Å². The minimum Gasteiger partial charge on any atom is -0.307 e. The first-order valence-electron chi connectivity index (χ1n) is 5.98. The Morgan fingerprint density at radius 3 is 2.25 bits per heavy atom. The van der Waals surface area contributed by atoms with Crippen LogP contribution in [-0.4, -0.2) is 5.54 Å². The summed E-state index contributed by atoms with van der Waals surface area (Å²) >= 11 is 1.85. The molecule has 1 nitrogen and oxygen atoms in total. The highest BCUT2D eigenvalue weighted by Crippen LogP contribution is 2.27. The maximum Gasteiger partial charge on any atom is 0.0307 e. The van der Waals surface area contributed by atoms with E-state index in [1.807, 2.05) is 11.3 Å². The van der Waals surface area contributed by atoms with Gasteiger partial charge in [0, 0.05) is 17.0 Å². The first-order chi connectivity index (χ1) is 7.20. The van der Waals surface area contributed by atoms with Gasteiger partial charge in [0.1, 0.15) is 0 Å². The van der Waals surface area contributed by atoms with Crippen LogP contribution in [0.3, 0.4) is 0 Å². The normalized spacial score (nSPS) is 13.1. The van der Waals surface area contributed by atoms with Gasteiger partial charge < -0.3 is 5.32 Å². The second kappa shape index (κ2) is 4.89. The van der Waals surface area contributed by atoms with E-state index in [4.69, 9.17) is 0 Å². The second-order valence-corrected chi connectivity index (χ2v) is 7.50. The number of hydrogen-bond donors (Lipinski definition) is 1.